The molecule has 1 aliphatic carbocycles. The van der Waals surface area contributed by atoms with Crippen molar-refractivity contribution in [1.29, 1.82) is 0 Å². The molecule has 0 atom stereocenters. The van der Waals surface area contributed by atoms with E-state index >= 15 is 0 Å². The average molecular weight is 140 g/mol. The Kier molecular flexibility index (Phi) is 2.87. The Morgan fingerprint density at radius 3 is 3.00 bits per heavy atom. The summed E-state index contributed by atoms with van der Waals surface area (Å²) in [7, 11) is 0. The van der Waals surface area contributed by atoms with Crippen LogP contribution in [0.3, 0.4) is 0 Å². The molecule has 2 nitrogen and oxygen atoms in total. The molecular formula is C8H12O2. The van der Waals surface area contributed by atoms with Gasteiger partial charge in [-0.2, -0.15) is 0 Å². The van der Waals surface area contributed by atoms with Gasteiger partial charge < -0.3 is 0 Å². The zero-order chi connectivity index (χ0) is 7.23. The van der Waals surface area contributed by atoms with E-state index in [0.29, 0.717) is 0 Å². The molecule has 0 bridgehead atoms. The second-order valence-electron chi connectivity index (χ2n) is 2.26. The van der Waals surface area contributed by atoms with Crippen molar-refractivity contribution in [2.24, 2.45) is 0 Å². The first-order chi connectivity index (χ1) is 4.93. The van der Waals surface area contributed by atoms with E-state index in [2.05, 4.69) is 17.5 Å². The maximum absolute atomic E-state index is 4.88. The van der Waals surface area contributed by atoms with Gasteiger partial charge in [0, 0.05) is 6.42 Å². The molecule has 56 valence electrons. The maximum atomic E-state index is 4.88. The monoisotopic (exact) mass is 140 g/mol. The maximum Gasteiger partial charge on any atom is 0.151 e. The summed E-state index contributed by atoms with van der Waals surface area (Å²) in [6.07, 6.45) is 7.92. The summed E-state index contributed by atoms with van der Waals surface area (Å²) >= 11 is 0. The molecule has 2 heteroatoms. The molecule has 1 aliphatic rings. The third-order valence-corrected chi connectivity index (χ3v) is 1.47. The minimum absolute atomic E-state index is 0.936. The molecule has 0 fully saturated rings. The number of allylic oxidation sites excluding steroid dienone is 2. The molecule has 0 aromatic carbocycles. The smallest absolute Gasteiger partial charge is 0.151 e. The van der Waals surface area contributed by atoms with Gasteiger partial charge in [0.15, 0.2) is 5.76 Å². The fraction of sp³-hybridized carbons (Fsp3) is 0.500. The van der Waals surface area contributed by atoms with E-state index in [0.717, 1.165) is 18.6 Å². The molecule has 0 spiro atoms. The molecule has 0 unspecified atom stereocenters. The van der Waals surface area contributed by atoms with Crippen molar-refractivity contribution in [3.63, 3.8) is 0 Å². The molecular weight excluding hydrogens is 128 g/mol. The van der Waals surface area contributed by atoms with Gasteiger partial charge in [-0.15, -0.1) is 0 Å². The first-order valence-corrected chi connectivity index (χ1v) is 3.57. The number of rotatable bonds is 3. The predicted octanol–water partition coefficient (Wildman–Crippen LogP) is 2.54. The Labute approximate surface area is 61.1 Å². The molecule has 0 heterocycles. The van der Waals surface area contributed by atoms with E-state index in [-0.39, 0.29) is 0 Å². The van der Waals surface area contributed by atoms with E-state index in [1.165, 1.54) is 19.1 Å². The van der Waals surface area contributed by atoms with Crippen molar-refractivity contribution >= 4 is 0 Å². The van der Waals surface area contributed by atoms with Crippen molar-refractivity contribution < 1.29 is 9.78 Å². The van der Waals surface area contributed by atoms with E-state index < -0.39 is 0 Å². The molecule has 0 radical (unpaired) electrons. The summed E-state index contributed by atoms with van der Waals surface area (Å²) in [5.74, 6) is 0.936. The van der Waals surface area contributed by atoms with E-state index in [1.54, 1.807) is 0 Å². The summed E-state index contributed by atoms with van der Waals surface area (Å²) in [6, 6.07) is 0. The standard InChI is InChI=1S/C8H12O2/c1-2-9-10-8-6-4-3-5-7-8/h2,6H,1,3-5,7H2. The Hall–Kier alpha value is -0.920. The number of hydrogen-bond acceptors (Lipinski definition) is 2. The van der Waals surface area contributed by atoms with Crippen LogP contribution < -0.4 is 0 Å². The summed E-state index contributed by atoms with van der Waals surface area (Å²) in [4.78, 5) is 9.44. The van der Waals surface area contributed by atoms with Gasteiger partial charge >= 0.3 is 0 Å². The molecule has 0 aromatic rings. The van der Waals surface area contributed by atoms with E-state index in [1.807, 2.05) is 0 Å². The van der Waals surface area contributed by atoms with Gasteiger partial charge in [-0.05, 0) is 25.3 Å². The van der Waals surface area contributed by atoms with Crippen LogP contribution in [0.25, 0.3) is 0 Å². The number of hydrogen-bond donors (Lipinski definition) is 0. The Morgan fingerprint density at radius 2 is 2.40 bits per heavy atom. The third-order valence-electron chi connectivity index (χ3n) is 1.47. The van der Waals surface area contributed by atoms with Crippen LogP contribution in [0.2, 0.25) is 0 Å². The van der Waals surface area contributed by atoms with Crippen LogP contribution >= 0.6 is 0 Å². The minimum Gasteiger partial charge on any atom is -0.299 e. The summed E-state index contributed by atoms with van der Waals surface area (Å²) in [5, 5.41) is 0. The van der Waals surface area contributed by atoms with Crippen LogP contribution in [0.1, 0.15) is 25.7 Å². The average Bonchev–Trinajstić information content (AvgIpc) is 2.03. The summed E-state index contributed by atoms with van der Waals surface area (Å²) < 4.78 is 0. The van der Waals surface area contributed by atoms with E-state index in [4.69, 9.17) is 4.89 Å². The normalized spacial score (nSPS) is 17.4. The van der Waals surface area contributed by atoms with Gasteiger partial charge in [-0.1, -0.05) is 6.58 Å². The lowest BCUT2D eigenvalue weighted by molar-refractivity contribution is -0.214. The lowest BCUT2D eigenvalue weighted by Crippen LogP contribution is -1.95. The quantitative estimate of drug-likeness (QED) is 0.340. The fourth-order valence-corrected chi connectivity index (χ4v) is 0.980. The van der Waals surface area contributed by atoms with Gasteiger partial charge in [0.2, 0.25) is 0 Å². The van der Waals surface area contributed by atoms with Gasteiger partial charge in [0.05, 0.1) is 0 Å². The van der Waals surface area contributed by atoms with Crippen molar-refractivity contribution in [3.8, 4) is 0 Å². The molecule has 0 N–H and O–H groups in total. The van der Waals surface area contributed by atoms with Crippen molar-refractivity contribution in [2.75, 3.05) is 0 Å². The zero-order valence-corrected chi connectivity index (χ0v) is 6.01. The first-order valence-electron chi connectivity index (χ1n) is 3.57. The van der Waals surface area contributed by atoms with Gasteiger partial charge in [-0.25, -0.2) is 0 Å². The van der Waals surface area contributed by atoms with Gasteiger partial charge in [-0.3, -0.25) is 9.78 Å². The molecule has 0 amide bonds. The van der Waals surface area contributed by atoms with Gasteiger partial charge in [0.1, 0.15) is 6.26 Å². The van der Waals surface area contributed by atoms with Crippen LogP contribution in [0.4, 0.5) is 0 Å². The highest BCUT2D eigenvalue weighted by atomic mass is 17.2. The summed E-state index contributed by atoms with van der Waals surface area (Å²) in [5.41, 5.74) is 0. The molecule has 1 rings (SSSR count). The Balaban J connectivity index is 2.24. The molecule has 0 saturated carbocycles. The SMILES string of the molecule is C=COOC1=CCCCC1. The van der Waals surface area contributed by atoms with Crippen molar-refractivity contribution in [1.82, 2.24) is 0 Å². The minimum atomic E-state index is 0.936. The predicted molar refractivity (Wildman–Crippen MR) is 38.9 cm³/mol. The molecule has 0 aromatic heterocycles. The van der Waals surface area contributed by atoms with E-state index in [9.17, 15) is 0 Å². The zero-order valence-electron chi connectivity index (χ0n) is 6.01. The fourth-order valence-electron chi connectivity index (χ4n) is 0.980. The van der Waals surface area contributed by atoms with Crippen molar-refractivity contribution in [2.45, 2.75) is 25.7 Å². The second-order valence-corrected chi connectivity index (χ2v) is 2.26. The van der Waals surface area contributed by atoms with Crippen LogP contribution in [-0.4, -0.2) is 0 Å². The molecule has 10 heavy (non-hydrogen) atoms. The first kappa shape index (κ1) is 7.19. The van der Waals surface area contributed by atoms with Crippen LogP contribution in [0.15, 0.2) is 24.7 Å². The lowest BCUT2D eigenvalue weighted by atomic mass is 10.1. The lowest BCUT2D eigenvalue weighted by Gasteiger charge is -2.10. The highest BCUT2D eigenvalue weighted by Gasteiger charge is 2.04. The summed E-state index contributed by atoms with van der Waals surface area (Å²) in [6.45, 7) is 3.37. The molecule has 0 saturated heterocycles. The van der Waals surface area contributed by atoms with Crippen LogP contribution in [0, 0.1) is 0 Å². The van der Waals surface area contributed by atoms with Crippen molar-refractivity contribution in [3.05, 3.63) is 24.7 Å². The van der Waals surface area contributed by atoms with Gasteiger partial charge in [0.25, 0.3) is 0 Å². The largest absolute Gasteiger partial charge is 0.299 e. The Morgan fingerprint density at radius 1 is 1.50 bits per heavy atom. The second kappa shape index (κ2) is 3.99. The topological polar surface area (TPSA) is 18.5 Å². The Bertz CT molecular complexity index is 138. The molecule has 0 aliphatic heterocycles. The van der Waals surface area contributed by atoms with Crippen LogP contribution in [-0.2, 0) is 9.78 Å². The third kappa shape index (κ3) is 2.13. The van der Waals surface area contributed by atoms with Crippen LogP contribution in [0.5, 0.6) is 0 Å². The highest BCUT2D eigenvalue weighted by Crippen LogP contribution is 2.17. The highest BCUT2D eigenvalue weighted by molar-refractivity contribution is 4.95.